The van der Waals surface area contributed by atoms with E-state index < -0.39 is 5.60 Å². The summed E-state index contributed by atoms with van der Waals surface area (Å²) in [5.41, 5.74) is 0.440. The number of carbonyl (C=O) groups excluding carboxylic acids is 2. The molecule has 7 heteroatoms. The Kier molecular flexibility index (Phi) is 5.39. The zero-order valence-electron chi connectivity index (χ0n) is 14.5. The van der Waals surface area contributed by atoms with Gasteiger partial charge in [0.25, 0.3) is 0 Å². The van der Waals surface area contributed by atoms with Gasteiger partial charge in [0.1, 0.15) is 11.4 Å². The van der Waals surface area contributed by atoms with Gasteiger partial charge in [-0.1, -0.05) is 0 Å². The molecular formula is C16H25N3O3S. The number of aryl methyl sites for hydroxylation is 2. The minimum atomic E-state index is -0.459. The lowest BCUT2D eigenvalue weighted by atomic mass is 10.2. The summed E-state index contributed by atoms with van der Waals surface area (Å²) < 4.78 is 7.02. The average Bonchev–Trinajstić information content (AvgIpc) is 2.91. The Morgan fingerprint density at radius 1 is 1.48 bits per heavy atom. The number of aromatic nitrogens is 2. The summed E-state index contributed by atoms with van der Waals surface area (Å²) in [7, 11) is 1.85. The van der Waals surface area contributed by atoms with Crippen LogP contribution in [-0.2, 0) is 21.4 Å². The summed E-state index contributed by atoms with van der Waals surface area (Å²) in [6.07, 6.45) is 1.12. The molecule has 1 aliphatic heterocycles. The lowest BCUT2D eigenvalue weighted by Crippen LogP contribution is -2.30. The van der Waals surface area contributed by atoms with E-state index in [0.29, 0.717) is 18.7 Å². The van der Waals surface area contributed by atoms with Crippen molar-refractivity contribution in [1.29, 1.82) is 0 Å². The van der Waals surface area contributed by atoms with Crippen LogP contribution in [0.5, 0.6) is 0 Å². The summed E-state index contributed by atoms with van der Waals surface area (Å²) >= 11 is 1.54. The largest absolute Gasteiger partial charge is 0.460 e. The number of carbonyl (C=O) groups is 2. The molecule has 1 atom stereocenters. The second-order valence-electron chi connectivity index (χ2n) is 6.74. The Morgan fingerprint density at radius 2 is 2.17 bits per heavy atom. The van der Waals surface area contributed by atoms with E-state index in [2.05, 4.69) is 5.10 Å². The van der Waals surface area contributed by atoms with Gasteiger partial charge in [-0.2, -0.15) is 5.10 Å². The van der Waals surface area contributed by atoms with Gasteiger partial charge in [-0.05, 0) is 34.1 Å². The molecule has 23 heavy (non-hydrogen) atoms. The number of hydrogen-bond donors (Lipinski definition) is 0. The van der Waals surface area contributed by atoms with Crippen molar-refractivity contribution in [2.45, 2.75) is 51.4 Å². The first kappa shape index (κ1) is 17.8. The highest BCUT2D eigenvalue weighted by molar-refractivity contribution is 8.00. The molecule has 128 valence electrons. The molecule has 0 N–H and O–H groups in total. The van der Waals surface area contributed by atoms with Crippen LogP contribution in [0.15, 0.2) is 6.07 Å². The fraction of sp³-hybridized carbons (Fsp3) is 0.688. The SMILES string of the molecule is Cc1cc(N2CC[C@H](SCCC(=O)OC(C)(C)C)C2=O)n(C)n1. The summed E-state index contributed by atoms with van der Waals surface area (Å²) in [6, 6.07) is 1.92. The third-order valence-electron chi connectivity index (χ3n) is 3.46. The fourth-order valence-electron chi connectivity index (χ4n) is 2.56. The van der Waals surface area contributed by atoms with Gasteiger partial charge in [-0.15, -0.1) is 11.8 Å². The molecule has 1 fully saturated rings. The van der Waals surface area contributed by atoms with Crippen molar-refractivity contribution in [3.63, 3.8) is 0 Å². The van der Waals surface area contributed by atoms with Crippen LogP contribution in [0.1, 0.15) is 39.3 Å². The highest BCUT2D eigenvalue weighted by Gasteiger charge is 2.34. The van der Waals surface area contributed by atoms with Crippen LogP contribution in [0, 0.1) is 6.92 Å². The third-order valence-corrected chi connectivity index (χ3v) is 4.73. The first-order valence-electron chi connectivity index (χ1n) is 7.83. The van der Waals surface area contributed by atoms with Gasteiger partial charge >= 0.3 is 5.97 Å². The van der Waals surface area contributed by atoms with Crippen LogP contribution < -0.4 is 4.90 Å². The van der Waals surface area contributed by atoms with Crippen molar-refractivity contribution >= 4 is 29.5 Å². The number of rotatable bonds is 5. The minimum absolute atomic E-state index is 0.0901. The second kappa shape index (κ2) is 6.95. The van der Waals surface area contributed by atoms with Crippen molar-refractivity contribution < 1.29 is 14.3 Å². The number of nitrogens with zero attached hydrogens (tertiary/aromatic N) is 3. The minimum Gasteiger partial charge on any atom is -0.460 e. The number of ether oxygens (including phenoxy) is 1. The molecule has 2 rings (SSSR count). The van der Waals surface area contributed by atoms with Crippen LogP contribution in [-0.4, -0.2) is 44.8 Å². The van der Waals surface area contributed by atoms with Crippen LogP contribution in [0.4, 0.5) is 5.82 Å². The number of anilines is 1. The molecule has 0 radical (unpaired) electrons. The number of hydrogen-bond acceptors (Lipinski definition) is 5. The molecule has 0 spiro atoms. The van der Waals surface area contributed by atoms with E-state index in [4.69, 9.17) is 4.74 Å². The predicted octanol–water partition coefficient (Wildman–Crippen LogP) is 2.30. The van der Waals surface area contributed by atoms with Gasteiger partial charge in [0.05, 0.1) is 17.4 Å². The van der Waals surface area contributed by atoms with Crippen LogP contribution >= 0.6 is 11.8 Å². The summed E-state index contributed by atoms with van der Waals surface area (Å²) in [4.78, 5) is 26.0. The molecule has 1 amide bonds. The zero-order chi connectivity index (χ0) is 17.2. The van der Waals surface area contributed by atoms with Crippen molar-refractivity contribution in [2.75, 3.05) is 17.2 Å². The predicted molar refractivity (Wildman–Crippen MR) is 91.6 cm³/mol. The maximum atomic E-state index is 12.5. The maximum Gasteiger partial charge on any atom is 0.307 e. The van der Waals surface area contributed by atoms with Crippen molar-refractivity contribution in [2.24, 2.45) is 7.05 Å². The average molecular weight is 339 g/mol. The van der Waals surface area contributed by atoms with Crippen LogP contribution in [0.25, 0.3) is 0 Å². The van der Waals surface area contributed by atoms with E-state index in [0.717, 1.165) is 17.9 Å². The quantitative estimate of drug-likeness (QED) is 0.770. The van der Waals surface area contributed by atoms with E-state index in [1.54, 1.807) is 9.58 Å². The summed E-state index contributed by atoms with van der Waals surface area (Å²) in [5.74, 6) is 1.32. The number of esters is 1. The molecule has 0 aromatic carbocycles. The van der Waals surface area contributed by atoms with E-state index in [-0.39, 0.29) is 17.1 Å². The highest BCUT2D eigenvalue weighted by atomic mass is 32.2. The lowest BCUT2D eigenvalue weighted by Gasteiger charge is -2.19. The number of thioether (sulfide) groups is 1. The highest BCUT2D eigenvalue weighted by Crippen LogP contribution is 2.29. The molecule has 0 aliphatic carbocycles. The summed E-state index contributed by atoms with van der Waals surface area (Å²) in [6.45, 7) is 8.17. The lowest BCUT2D eigenvalue weighted by molar-refractivity contribution is -0.154. The smallest absolute Gasteiger partial charge is 0.307 e. The summed E-state index contributed by atoms with van der Waals surface area (Å²) in [5, 5.41) is 4.20. The van der Waals surface area contributed by atoms with Crippen molar-refractivity contribution in [3.05, 3.63) is 11.8 Å². The fourth-order valence-corrected chi connectivity index (χ4v) is 3.67. The Balaban J connectivity index is 1.83. The third kappa shape index (κ3) is 4.73. The number of amides is 1. The Hall–Kier alpha value is -1.50. The molecule has 1 saturated heterocycles. The van der Waals surface area contributed by atoms with E-state index in [9.17, 15) is 9.59 Å². The molecule has 1 aliphatic rings. The molecule has 1 aromatic rings. The molecular weight excluding hydrogens is 314 g/mol. The molecule has 1 aromatic heterocycles. The van der Waals surface area contributed by atoms with Crippen LogP contribution in [0.3, 0.4) is 0 Å². The Labute approximate surface area is 141 Å². The first-order chi connectivity index (χ1) is 10.7. The normalized spacial score (nSPS) is 18.6. The molecule has 0 saturated carbocycles. The molecule has 0 unspecified atom stereocenters. The van der Waals surface area contributed by atoms with Gasteiger partial charge in [0.15, 0.2) is 0 Å². The maximum absolute atomic E-state index is 12.5. The topological polar surface area (TPSA) is 64.4 Å². The first-order valence-corrected chi connectivity index (χ1v) is 8.88. The Morgan fingerprint density at radius 3 is 2.74 bits per heavy atom. The van der Waals surface area contributed by atoms with Crippen molar-refractivity contribution in [1.82, 2.24) is 9.78 Å². The van der Waals surface area contributed by atoms with E-state index >= 15 is 0 Å². The standard InChI is InChI=1S/C16H25N3O3S/c1-11-10-13(18(5)17-11)19-8-6-12(15(19)21)23-9-7-14(20)22-16(2,3)4/h10,12H,6-9H2,1-5H3/t12-/m0/s1. The van der Waals surface area contributed by atoms with E-state index in [1.807, 2.05) is 40.8 Å². The molecule has 6 nitrogen and oxygen atoms in total. The van der Waals surface area contributed by atoms with Gasteiger partial charge in [-0.25, -0.2) is 0 Å². The van der Waals surface area contributed by atoms with Crippen LogP contribution in [0.2, 0.25) is 0 Å². The van der Waals surface area contributed by atoms with E-state index in [1.165, 1.54) is 11.8 Å². The van der Waals surface area contributed by atoms with Gasteiger partial charge in [0.2, 0.25) is 5.91 Å². The van der Waals surface area contributed by atoms with Gasteiger partial charge < -0.3 is 4.74 Å². The Bertz CT molecular complexity index is 592. The zero-order valence-corrected chi connectivity index (χ0v) is 15.3. The van der Waals surface area contributed by atoms with Gasteiger partial charge in [-0.3, -0.25) is 19.2 Å². The second-order valence-corrected chi connectivity index (χ2v) is 8.05. The monoisotopic (exact) mass is 339 g/mol. The molecule has 2 heterocycles. The van der Waals surface area contributed by atoms with Crippen molar-refractivity contribution in [3.8, 4) is 0 Å². The molecule has 0 bridgehead atoms. The van der Waals surface area contributed by atoms with Gasteiger partial charge in [0, 0.05) is 25.4 Å².